The van der Waals surface area contributed by atoms with E-state index < -0.39 is 5.97 Å². The largest absolute Gasteiger partial charge is 0.462 e. The third-order valence-corrected chi connectivity index (χ3v) is 5.22. The molecule has 2 N–H and O–H groups in total. The minimum atomic E-state index is -0.449. The molecule has 8 nitrogen and oxygen atoms in total. The van der Waals surface area contributed by atoms with Crippen molar-refractivity contribution in [3.63, 3.8) is 0 Å². The molecule has 0 aliphatic carbocycles. The van der Waals surface area contributed by atoms with Crippen molar-refractivity contribution in [3.8, 4) is 0 Å². The van der Waals surface area contributed by atoms with E-state index in [1.807, 2.05) is 24.3 Å². The second-order valence-electron chi connectivity index (χ2n) is 7.69. The Morgan fingerprint density at radius 3 is 2.41 bits per heavy atom. The van der Waals surface area contributed by atoms with Crippen LogP contribution in [0.3, 0.4) is 0 Å². The van der Waals surface area contributed by atoms with Crippen molar-refractivity contribution >= 4 is 29.3 Å². The molecule has 2 aromatic rings. The summed E-state index contributed by atoms with van der Waals surface area (Å²) in [5.41, 5.74) is 2.74. The highest BCUT2D eigenvalue weighted by Gasteiger charge is 2.21. The molecule has 0 spiro atoms. The number of para-hydroxylation sites is 1. The molecule has 0 saturated carbocycles. The van der Waals surface area contributed by atoms with Gasteiger partial charge in [-0.05, 0) is 43.2 Å². The summed E-state index contributed by atoms with van der Waals surface area (Å²) in [6, 6.07) is 14.5. The van der Waals surface area contributed by atoms with Crippen LogP contribution in [0.1, 0.15) is 36.2 Å². The van der Waals surface area contributed by atoms with E-state index in [4.69, 9.17) is 4.74 Å². The number of benzene rings is 2. The summed E-state index contributed by atoms with van der Waals surface area (Å²) < 4.78 is 5.08. The minimum Gasteiger partial charge on any atom is -0.462 e. The lowest BCUT2D eigenvalue weighted by Crippen LogP contribution is -2.38. The topological polar surface area (TPSA) is 91.0 Å². The van der Waals surface area contributed by atoms with Crippen LogP contribution < -0.4 is 10.6 Å². The second kappa shape index (κ2) is 11.3. The van der Waals surface area contributed by atoms with Crippen molar-refractivity contribution < 1.29 is 19.1 Å². The maximum absolute atomic E-state index is 12.9. The Morgan fingerprint density at radius 2 is 1.69 bits per heavy atom. The Balaban J connectivity index is 1.55. The van der Waals surface area contributed by atoms with Gasteiger partial charge in [0, 0.05) is 45.3 Å². The molecule has 1 saturated heterocycles. The van der Waals surface area contributed by atoms with Crippen LogP contribution in [0.25, 0.3) is 0 Å². The lowest BCUT2D eigenvalue weighted by atomic mass is 10.2. The number of hydrogen-bond donors (Lipinski definition) is 2. The van der Waals surface area contributed by atoms with E-state index >= 15 is 0 Å². The zero-order chi connectivity index (χ0) is 22.9. The number of hydrogen-bond acceptors (Lipinski definition) is 5. The number of urea groups is 1. The Morgan fingerprint density at radius 1 is 0.938 bits per heavy atom. The number of carbonyl (C=O) groups excluding carboxylic acids is 3. The van der Waals surface area contributed by atoms with Gasteiger partial charge < -0.3 is 20.3 Å². The highest BCUT2D eigenvalue weighted by Crippen LogP contribution is 2.18. The van der Waals surface area contributed by atoms with Crippen molar-refractivity contribution in [2.24, 2.45) is 0 Å². The lowest BCUT2D eigenvalue weighted by Gasteiger charge is -2.23. The van der Waals surface area contributed by atoms with Crippen LogP contribution in [0, 0.1) is 0 Å². The number of nitrogens with one attached hydrogen (secondary N) is 2. The number of nitrogens with zero attached hydrogens (tertiary/aromatic N) is 2. The fourth-order valence-corrected chi connectivity index (χ4v) is 3.66. The number of rotatable bonds is 6. The average Bonchev–Trinajstić information content (AvgIpc) is 3.01. The Bertz CT molecular complexity index is 945. The van der Waals surface area contributed by atoms with Gasteiger partial charge in [-0.25, -0.2) is 9.59 Å². The third-order valence-electron chi connectivity index (χ3n) is 5.22. The van der Waals surface area contributed by atoms with Crippen LogP contribution in [0.15, 0.2) is 48.5 Å². The third kappa shape index (κ3) is 6.55. The van der Waals surface area contributed by atoms with Crippen LogP contribution in [0.5, 0.6) is 0 Å². The van der Waals surface area contributed by atoms with Gasteiger partial charge in [0.05, 0.1) is 17.9 Å². The molecule has 0 bridgehead atoms. The predicted molar refractivity (Wildman–Crippen MR) is 124 cm³/mol. The van der Waals surface area contributed by atoms with Gasteiger partial charge in [-0.15, -0.1) is 0 Å². The van der Waals surface area contributed by atoms with Crippen molar-refractivity contribution in [1.82, 2.24) is 9.80 Å². The molecule has 32 heavy (non-hydrogen) atoms. The van der Waals surface area contributed by atoms with E-state index in [1.54, 1.807) is 36.1 Å². The molecule has 1 aliphatic heterocycles. The smallest absolute Gasteiger partial charge is 0.340 e. The summed E-state index contributed by atoms with van der Waals surface area (Å²) in [5.74, 6) is -0.538. The summed E-state index contributed by atoms with van der Waals surface area (Å²) in [6.07, 6.45) is 0.858. The van der Waals surface area contributed by atoms with E-state index in [1.165, 1.54) is 6.92 Å². The number of ether oxygens (including phenoxy) is 1. The zero-order valence-electron chi connectivity index (χ0n) is 18.6. The van der Waals surface area contributed by atoms with Gasteiger partial charge in [0.15, 0.2) is 0 Å². The molecule has 0 radical (unpaired) electrons. The van der Waals surface area contributed by atoms with Gasteiger partial charge >= 0.3 is 12.0 Å². The summed E-state index contributed by atoms with van der Waals surface area (Å²) >= 11 is 0. The molecule has 1 fully saturated rings. The van der Waals surface area contributed by atoms with Gasteiger partial charge in [0.25, 0.3) is 0 Å². The summed E-state index contributed by atoms with van der Waals surface area (Å²) in [5, 5.41) is 5.64. The fraction of sp³-hybridized carbons (Fsp3) is 0.375. The Hall–Kier alpha value is -3.39. The van der Waals surface area contributed by atoms with Gasteiger partial charge in [0.2, 0.25) is 5.91 Å². The van der Waals surface area contributed by atoms with E-state index in [0.717, 1.165) is 37.3 Å². The average molecular weight is 439 g/mol. The molecule has 3 rings (SSSR count). The molecular weight excluding hydrogens is 408 g/mol. The van der Waals surface area contributed by atoms with Crippen LogP contribution in [0.4, 0.5) is 16.2 Å². The van der Waals surface area contributed by atoms with Crippen LogP contribution in [-0.4, -0.2) is 60.5 Å². The van der Waals surface area contributed by atoms with E-state index in [9.17, 15) is 14.4 Å². The first-order chi connectivity index (χ1) is 15.5. The van der Waals surface area contributed by atoms with Crippen LogP contribution >= 0.6 is 0 Å². The summed E-state index contributed by atoms with van der Waals surface area (Å²) in [7, 11) is 0. The van der Waals surface area contributed by atoms with Gasteiger partial charge in [-0.1, -0.05) is 24.3 Å². The van der Waals surface area contributed by atoms with Crippen LogP contribution in [0.2, 0.25) is 0 Å². The van der Waals surface area contributed by atoms with Gasteiger partial charge in [-0.2, -0.15) is 0 Å². The van der Waals surface area contributed by atoms with Crippen molar-refractivity contribution in [3.05, 3.63) is 59.7 Å². The first kappa shape index (κ1) is 23.3. The number of carbonyl (C=O) groups is 3. The zero-order valence-corrected chi connectivity index (χ0v) is 18.6. The maximum atomic E-state index is 12.9. The van der Waals surface area contributed by atoms with Crippen LogP contribution in [-0.2, 0) is 16.1 Å². The first-order valence-corrected chi connectivity index (χ1v) is 10.9. The number of esters is 1. The normalized spacial score (nSPS) is 14.4. The fourth-order valence-electron chi connectivity index (χ4n) is 3.66. The van der Waals surface area contributed by atoms with E-state index in [0.29, 0.717) is 24.3 Å². The summed E-state index contributed by atoms with van der Waals surface area (Å²) in [4.78, 5) is 40.3. The molecule has 0 atom stereocenters. The molecule has 0 aromatic heterocycles. The van der Waals surface area contributed by atoms with Crippen molar-refractivity contribution in [2.75, 3.05) is 43.4 Å². The second-order valence-corrected chi connectivity index (χ2v) is 7.69. The minimum absolute atomic E-state index is 0.0893. The Kier molecular flexibility index (Phi) is 8.21. The standard InChI is InChI=1S/C24H30N4O4/c1-3-32-23(30)21-7-4-5-8-22(21)26-24(31)28-14-6-13-27(15-16-28)17-19-9-11-20(12-10-19)25-18(2)29/h4-5,7-12H,3,6,13-17H2,1-2H3,(H,25,29)(H,26,31). The lowest BCUT2D eigenvalue weighted by molar-refractivity contribution is -0.114. The molecule has 1 aliphatic rings. The number of amides is 3. The Labute approximate surface area is 188 Å². The number of anilines is 2. The molecule has 8 heteroatoms. The van der Waals surface area contributed by atoms with Crippen molar-refractivity contribution in [2.45, 2.75) is 26.8 Å². The molecule has 0 unspecified atom stereocenters. The van der Waals surface area contributed by atoms with E-state index in [-0.39, 0.29) is 18.5 Å². The van der Waals surface area contributed by atoms with E-state index in [2.05, 4.69) is 15.5 Å². The van der Waals surface area contributed by atoms with Crippen molar-refractivity contribution in [1.29, 1.82) is 0 Å². The molecular formula is C24H30N4O4. The quantitative estimate of drug-likeness (QED) is 0.673. The molecule has 3 amide bonds. The molecule has 1 heterocycles. The van der Waals surface area contributed by atoms with Gasteiger partial charge in [-0.3, -0.25) is 9.69 Å². The summed E-state index contributed by atoms with van der Waals surface area (Å²) in [6.45, 7) is 7.17. The maximum Gasteiger partial charge on any atom is 0.340 e. The molecule has 2 aromatic carbocycles. The monoisotopic (exact) mass is 438 g/mol. The van der Waals surface area contributed by atoms with Gasteiger partial charge in [0.1, 0.15) is 0 Å². The SMILES string of the molecule is CCOC(=O)c1ccccc1NC(=O)N1CCCN(Cc2ccc(NC(C)=O)cc2)CC1. The first-order valence-electron chi connectivity index (χ1n) is 10.9. The molecule has 170 valence electrons. The predicted octanol–water partition coefficient (Wildman–Crippen LogP) is 3.56. The highest BCUT2D eigenvalue weighted by molar-refractivity contribution is 6.00. The highest BCUT2D eigenvalue weighted by atomic mass is 16.5.